The Kier molecular flexibility index (Phi) is 8.09. The highest BCUT2D eigenvalue weighted by atomic mass is 16.5. The van der Waals surface area contributed by atoms with Crippen molar-refractivity contribution >= 4 is 11.9 Å². The van der Waals surface area contributed by atoms with Gasteiger partial charge in [0.05, 0.1) is 12.3 Å². The molecule has 1 rings (SSSR count). The fraction of sp³-hybridized carbons (Fsp3) is 0.765. The van der Waals surface area contributed by atoms with Crippen molar-refractivity contribution in [2.24, 2.45) is 11.8 Å². The third-order valence-corrected chi connectivity index (χ3v) is 4.31. The lowest BCUT2D eigenvalue weighted by molar-refractivity contribution is -0.156. The van der Waals surface area contributed by atoms with Crippen molar-refractivity contribution in [2.45, 2.75) is 70.8 Å². The average Bonchev–Trinajstić information content (AvgIpc) is 2.93. The third-order valence-electron chi connectivity index (χ3n) is 4.31. The van der Waals surface area contributed by atoms with Crippen LogP contribution < -0.4 is 0 Å². The summed E-state index contributed by atoms with van der Waals surface area (Å²) in [6.45, 7) is 5.59. The zero-order valence-electron chi connectivity index (χ0n) is 13.1. The number of hydrogen-bond donors (Lipinski definition) is 1. The van der Waals surface area contributed by atoms with Gasteiger partial charge < -0.3 is 9.84 Å². The second kappa shape index (κ2) is 9.59. The van der Waals surface area contributed by atoms with E-state index in [1.807, 2.05) is 13.0 Å². The summed E-state index contributed by atoms with van der Waals surface area (Å²) >= 11 is 0. The number of unbranched alkanes of at least 4 members (excludes halogenated alkanes) is 2. The number of hydrogen-bond acceptors (Lipinski definition) is 3. The highest BCUT2D eigenvalue weighted by Gasteiger charge is 2.29. The molecule has 0 aromatic rings. The van der Waals surface area contributed by atoms with E-state index in [2.05, 4.69) is 6.58 Å². The summed E-state index contributed by atoms with van der Waals surface area (Å²) in [5.41, 5.74) is 0. The summed E-state index contributed by atoms with van der Waals surface area (Å²) in [7, 11) is 0. The van der Waals surface area contributed by atoms with Gasteiger partial charge in [0.15, 0.2) is 0 Å². The molecule has 0 amide bonds. The highest BCUT2D eigenvalue weighted by Crippen LogP contribution is 2.25. The first kappa shape index (κ1) is 17.7. The molecular weight excluding hydrogens is 268 g/mol. The number of aliphatic carboxylic acids is 1. The van der Waals surface area contributed by atoms with Gasteiger partial charge in [-0.1, -0.05) is 19.4 Å². The molecule has 0 aromatic carbocycles. The summed E-state index contributed by atoms with van der Waals surface area (Å²) in [6.07, 6.45) is 9.67. The normalized spacial score (nSPS) is 18.1. The topological polar surface area (TPSA) is 63.6 Å². The van der Waals surface area contributed by atoms with E-state index in [-0.39, 0.29) is 24.4 Å². The maximum atomic E-state index is 11.9. The van der Waals surface area contributed by atoms with Gasteiger partial charge in [-0.15, -0.1) is 6.58 Å². The largest absolute Gasteiger partial charge is 0.481 e. The van der Waals surface area contributed by atoms with Gasteiger partial charge in [0.1, 0.15) is 6.10 Å². The molecule has 0 aromatic heterocycles. The Bertz CT molecular complexity index is 345. The predicted molar refractivity (Wildman–Crippen MR) is 81.9 cm³/mol. The number of rotatable bonds is 10. The monoisotopic (exact) mass is 296 g/mol. The van der Waals surface area contributed by atoms with Crippen molar-refractivity contribution in [1.29, 1.82) is 0 Å². The van der Waals surface area contributed by atoms with E-state index in [0.717, 1.165) is 51.4 Å². The molecule has 21 heavy (non-hydrogen) atoms. The molecule has 4 nitrogen and oxygen atoms in total. The standard InChI is InChI=1S/C17H28O4/c1-3-4-5-6-9-13(2)15(17(19)20)12-16(18)21-14-10-7-8-11-14/h3,13-15H,1,4-12H2,2H3,(H,19,20)/t13-,15+/m1/s1. The van der Waals surface area contributed by atoms with Gasteiger partial charge in [-0.05, 0) is 50.9 Å². The van der Waals surface area contributed by atoms with E-state index in [9.17, 15) is 14.7 Å². The molecule has 0 radical (unpaired) electrons. The first-order chi connectivity index (χ1) is 10.0. The van der Waals surface area contributed by atoms with Gasteiger partial charge in [-0.25, -0.2) is 0 Å². The Morgan fingerprint density at radius 2 is 2.00 bits per heavy atom. The summed E-state index contributed by atoms with van der Waals surface area (Å²) < 4.78 is 5.37. The second-order valence-corrected chi connectivity index (χ2v) is 6.10. The van der Waals surface area contributed by atoms with E-state index in [1.165, 1.54) is 0 Å². The van der Waals surface area contributed by atoms with Crippen molar-refractivity contribution in [3.05, 3.63) is 12.7 Å². The number of carbonyl (C=O) groups is 2. The van der Waals surface area contributed by atoms with Gasteiger partial charge >= 0.3 is 11.9 Å². The number of carboxylic acid groups (broad SMARTS) is 1. The van der Waals surface area contributed by atoms with E-state index >= 15 is 0 Å². The quantitative estimate of drug-likeness (QED) is 0.377. The van der Waals surface area contributed by atoms with Crippen LogP contribution in [0.15, 0.2) is 12.7 Å². The Balaban J connectivity index is 2.38. The van der Waals surface area contributed by atoms with Gasteiger partial charge in [0.2, 0.25) is 0 Å². The molecule has 0 saturated heterocycles. The van der Waals surface area contributed by atoms with Gasteiger partial charge in [0, 0.05) is 0 Å². The van der Waals surface area contributed by atoms with Crippen LogP contribution in [0.25, 0.3) is 0 Å². The molecule has 0 heterocycles. The van der Waals surface area contributed by atoms with E-state index < -0.39 is 11.9 Å². The minimum Gasteiger partial charge on any atom is -0.481 e. The lowest BCUT2D eigenvalue weighted by Gasteiger charge is -2.20. The minimum atomic E-state index is -0.894. The SMILES string of the molecule is C=CCCCC[C@@H](C)[C@H](CC(=O)OC1CCCC1)C(=O)O. The Labute approximate surface area is 127 Å². The van der Waals surface area contributed by atoms with Crippen LogP contribution in [0.1, 0.15) is 64.7 Å². The van der Waals surface area contributed by atoms with Crippen molar-refractivity contribution in [1.82, 2.24) is 0 Å². The number of allylic oxidation sites excluding steroid dienone is 1. The summed E-state index contributed by atoms with van der Waals surface area (Å²) in [4.78, 5) is 23.3. The molecule has 2 atom stereocenters. The molecule has 0 spiro atoms. The van der Waals surface area contributed by atoms with E-state index in [4.69, 9.17) is 4.74 Å². The fourth-order valence-electron chi connectivity index (χ4n) is 2.91. The van der Waals surface area contributed by atoms with Gasteiger partial charge in [0.25, 0.3) is 0 Å². The number of carbonyl (C=O) groups excluding carboxylic acids is 1. The molecule has 1 aliphatic carbocycles. The van der Waals surface area contributed by atoms with Crippen LogP contribution in [-0.4, -0.2) is 23.1 Å². The van der Waals surface area contributed by atoms with Crippen molar-refractivity contribution < 1.29 is 19.4 Å². The van der Waals surface area contributed by atoms with Crippen molar-refractivity contribution in [3.63, 3.8) is 0 Å². The number of ether oxygens (including phenoxy) is 1. The average molecular weight is 296 g/mol. The second-order valence-electron chi connectivity index (χ2n) is 6.10. The minimum absolute atomic E-state index is 0.00550. The Morgan fingerprint density at radius 1 is 1.33 bits per heavy atom. The molecule has 120 valence electrons. The van der Waals surface area contributed by atoms with Gasteiger partial charge in [-0.3, -0.25) is 9.59 Å². The predicted octanol–water partition coefficient (Wildman–Crippen LogP) is 3.95. The summed E-state index contributed by atoms with van der Waals surface area (Å²) in [5.74, 6) is -1.90. The molecule has 0 bridgehead atoms. The first-order valence-electron chi connectivity index (χ1n) is 8.07. The molecule has 4 heteroatoms. The fourth-order valence-corrected chi connectivity index (χ4v) is 2.91. The summed E-state index contributed by atoms with van der Waals surface area (Å²) in [6, 6.07) is 0. The lowest BCUT2D eigenvalue weighted by atomic mass is 9.87. The van der Waals surface area contributed by atoms with E-state index in [1.54, 1.807) is 0 Å². The van der Waals surface area contributed by atoms with Crippen molar-refractivity contribution in [3.8, 4) is 0 Å². The smallest absolute Gasteiger partial charge is 0.307 e. The maximum Gasteiger partial charge on any atom is 0.307 e. The highest BCUT2D eigenvalue weighted by molar-refractivity contribution is 5.79. The molecule has 1 saturated carbocycles. The van der Waals surface area contributed by atoms with Crippen LogP contribution in [0.4, 0.5) is 0 Å². The molecule has 0 aliphatic heterocycles. The molecule has 0 unspecified atom stereocenters. The molecule has 1 N–H and O–H groups in total. The molecule has 1 aliphatic rings. The zero-order chi connectivity index (χ0) is 15.7. The van der Waals surface area contributed by atoms with Crippen LogP contribution in [0, 0.1) is 11.8 Å². The lowest BCUT2D eigenvalue weighted by Crippen LogP contribution is -2.27. The van der Waals surface area contributed by atoms with Gasteiger partial charge in [-0.2, -0.15) is 0 Å². The number of carboxylic acids is 1. The zero-order valence-corrected chi connectivity index (χ0v) is 13.1. The maximum absolute atomic E-state index is 11.9. The van der Waals surface area contributed by atoms with Crippen LogP contribution in [0.5, 0.6) is 0 Å². The third kappa shape index (κ3) is 6.78. The Morgan fingerprint density at radius 3 is 2.57 bits per heavy atom. The number of esters is 1. The van der Waals surface area contributed by atoms with E-state index in [0.29, 0.717) is 0 Å². The molecule has 1 fully saturated rings. The van der Waals surface area contributed by atoms with Crippen molar-refractivity contribution in [2.75, 3.05) is 0 Å². The van der Waals surface area contributed by atoms with Crippen LogP contribution in [0.3, 0.4) is 0 Å². The van der Waals surface area contributed by atoms with Crippen LogP contribution >= 0.6 is 0 Å². The van der Waals surface area contributed by atoms with Crippen LogP contribution in [0.2, 0.25) is 0 Å². The first-order valence-corrected chi connectivity index (χ1v) is 8.07. The van der Waals surface area contributed by atoms with Crippen LogP contribution in [-0.2, 0) is 14.3 Å². The molecular formula is C17H28O4. The summed E-state index contributed by atoms with van der Waals surface area (Å²) in [5, 5.41) is 9.33. The Hall–Kier alpha value is -1.32.